The number of unbranched alkanes of at least 4 members (excludes halogenated alkanes) is 1. The summed E-state index contributed by atoms with van der Waals surface area (Å²) in [7, 11) is 1.84. The third-order valence-corrected chi connectivity index (χ3v) is 5.81. The quantitative estimate of drug-likeness (QED) is 0.254. The van der Waals surface area contributed by atoms with Gasteiger partial charge in [0.2, 0.25) is 0 Å². The first-order valence-corrected chi connectivity index (χ1v) is 9.94. The van der Waals surface area contributed by atoms with E-state index in [-0.39, 0.29) is 28.7 Å². The average Bonchev–Trinajstić information content (AvgIpc) is 2.51. The molecule has 0 amide bonds. The van der Waals surface area contributed by atoms with Crippen LogP contribution in [0.1, 0.15) is 52.9 Å². The Labute approximate surface area is 165 Å². The van der Waals surface area contributed by atoms with E-state index in [0.29, 0.717) is 0 Å². The Morgan fingerprint density at radius 2 is 2.00 bits per heavy atom. The van der Waals surface area contributed by atoms with E-state index in [1.807, 2.05) is 18.8 Å². The van der Waals surface area contributed by atoms with Gasteiger partial charge in [-0.25, -0.2) is 0 Å². The molecule has 1 unspecified atom stereocenters. The number of aliphatic imine (C=N–C) groups is 1. The van der Waals surface area contributed by atoms with E-state index in [2.05, 4.69) is 47.6 Å². The van der Waals surface area contributed by atoms with Crippen molar-refractivity contribution in [3.05, 3.63) is 0 Å². The van der Waals surface area contributed by atoms with Crippen molar-refractivity contribution in [1.82, 2.24) is 15.5 Å². The Hall–Kier alpha value is 0.310. The molecule has 1 aliphatic rings. The van der Waals surface area contributed by atoms with Crippen LogP contribution in [-0.2, 0) is 0 Å². The Balaban J connectivity index is 0.00000484. The van der Waals surface area contributed by atoms with Gasteiger partial charge in [-0.15, -0.1) is 24.0 Å². The molecule has 0 aromatic heterocycles. The minimum Gasteiger partial charge on any atom is -0.356 e. The number of guanidine groups is 1. The molecular weight excluding hydrogens is 419 g/mol. The molecule has 0 aromatic carbocycles. The second-order valence-electron chi connectivity index (χ2n) is 6.90. The minimum atomic E-state index is 0. The third kappa shape index (κ3) is 10.0. The van der Waals surface area contributed by atoms with Gasteiger partial charge in [0.1, 0.15) is 0 Å². The SMILES string of the molecule is CN=C(NCCCCN1CCCCC1C)NCC(C)(C)SC.I. The van der Waals surface area contributed by atoms with Crippen molar-refractivity contribution in [3.63, 3.8) is 0 Å². The summed E-state index contributed by atoms with van der Waals surface area (Å²) in [5.74, 6) is 0.925. The van der Waals surface area contributed by atoms with E-state index in [9.17, 15) is 0 Å². The lowest BCUT2D eigenvalue weighted by Gasteiger charge is -2.33. The van der Waals surface area contributed by atoms with Gasteiger partial charge in [0.15, 0.2) is 5.96 Å². The fourth-order valence-corrected chi connectivity index (χ4v) is 2.94. The first-order chi connectivity index (χ1) is 10.5. The molecule has 2 N–H and O–H groups in total. The highest BCUT2D eigenvalue weighted by atomic mass is 127. The summed E-state index contributed by atoms with van der Waals surface area (Å²) in [6, 6.07) is 0.782. The highest BCUT2D eigenvalue weighted by Gasteiger charge is 2.17. The van der Waals surface area contributed by atoms with E-state index in [1.165, 1.54) is 45.2 Å². The highest BCUT2D eigenvalue weighted by molar-refractivity contribution is 14.0. The molecule has 0 radical (unpaired) electrons. The monoisotopic (exact) mass is 456 g/mol. The molecule has 6 heteroatoms. The van der Waals surface area contributed by atoms with Crippen LogP contribution >= 0.6 is 35.7 Å². The molecule has 0 spiro atoms. The van der Waals surface area contributed by atoms with Gasteiger partial charge in [-0.3, -0.25) is 4.99 Å². The zero-order valence-electron chi connectivity index (χ0n) is 15.7. The molecule has 1 rings (SSSR count). The van der Waals surface area contributed by atoms with Crippen LogP contribution in [-0.4, -0.2) is 61.1 Å². The number of thioether (sulfide) groups is 1. The second kappa shape index (κ2) is 12.6. The fourth-order valence-electron chi connectivity index (χ4n) is 2.73. The molecule has 1 aliphatic heterocycles. The lowest BCUT2D eigenvalue weighted by Crippen LogP contribution is -2.43. The van der Waals surface area contributed by atoms with Crippen LogP contribution < -0.4 is 10.6 Å². The van der Waals surface area contributed by atoms with Crippen molar-refractivity contribution in [1.29, 1.82) is 0 Å². The van der Waals surface area contributed by atoms with Crippen LogP contribution in [0.25, 0.3) is 0 Å². The molecule has 1 saturated heterocycles. The van der Waals surface area contributed by atoms with Gasteiger partial charge in [0, 0.05) is 30.9 Å². The number of halogens is 1. The predicted octanol–water partition coefficient (Wildman–Crippen LogP) is 3.57. The molecule has 23 heavy (non-hydrogen) atoms. The van der Waals surface area contributed by atoms with Crippen molar-refractivity contribution in [2.75, 3.05) is 39.5 Å². The number of nitrogens with one attached hydrogen (secondary N) is 2. The van der Waals surface area contributed by atoms with Crippen LogP contribution in [0.3, 0.4) is 0 Å². The molecule has 138 valence electrons. The summed E-state index contributed by atoms with van der Waals surface area (Å²) in [6.45, 7) is 11.3. The van der Waals surface area contributed by atoms with Crippen LogP contribution in [0.15, 0.2) is 4.99 Å². The predicted molar refractivity (Wildman–Crippen MR) is 116 cm³/mol. The first kappa shape index (κ1) is 23.3. The smallest absolute Gasteiger partial charge is 0.191 e. The van der Waals surface area contributed by atoms with Crippen molar-refractivity contribution in [3.8, 4) is 0 Å². The fraction of sp³-hybridized carbons (Fsp3) is 0.941. The number of nitrogens with zero attached hydrogens (tertiary/aromatic N) is 2. The molecule has 0 aromatic rings. The van der Waals surface area contributed by atoms with Gasteiger partial charge in [-0.05, 0) is 65.8 Å². The number of hydrogen-bond donors (Lipinski definition) is 2. The molecule has 1 fully saturated rings. The summed E-state index contributed by atoms with van der Waals surface area (Å²) < 4.78 is 0.238. The zero-order valence-corrected chi connectivity index (χ0v) is 18.8. The molecular formula is C17H37IN4S. The Kier molecular flexibility index (Phi) is 12.8. The van der Waals surface area contributed by atoms with Crippen molar-refractivity contribution < 1.29 is 0 Å². The normalized spacial score (nSPS) is 20.0. The van der Waals surface area contributed by atoms with Gasteiger partial charge in [-0.1, -0.05) is 6.42 Å². The Morgan fingerprint density at radius 3 is 2.61 bits per heavy atom. The number of piperidine rings is 1. The molecule has 0 saturated carbocycles. The maximum absolute atomic E-state index is 4.30. The van der Waals surface area contributed by atoms with Gasteiger partial charge < -0.3 is 15.5 Å². The topological polar surface area (TPSA) is 39.7 Å². The summed E-state index contributed by atoms with van der Waals surface area (Å²) in [5.41, 5.74) is 0. The lowest BCUT2D eigenvalue weighted by atomic mass is 10.0. The van der Waals surface area contributed by atoms with Crippen LogP contribution in [0.2, 0.25) is 0 Å². The standard InChI is InChI=1S/C17H36N4S.HI/c1-15-10-6-8-12-21(15)13-9-7-11-19-16(18-4)20-14-17(2,3)22-5;/h15H,6-14H2,1-5H3,(H2,18,19,20);1H. The maximum atomic E-state index is 4.30. The summed E-state index contributed by atoms with van der Waals surface area (Å²) in [5, 5.41) is 6.84. The van der Waals surface area contributed by atoms with Crippen molar-refractivity contribution >= 4 is 41.7 Å². The van der Waals surface area contributed by atoms with Crippen LogP contribution in [0.4, 0.5) is 0 Å². The third-order valence-electron chi connectivity index (χ3n) is 4.56. The molecule has 1 heterocycles. The number of hydrogen-bond acceptors (Lipinski definition) is 3. The van der Waals surface area contributed by atoms with E-state index in [4.69, 9.17) is 0 Å². The van der Waals surface area contributed by atoms with Crippen molar-refractivity contribution in [2.45, 2.75) is 63.7 Å². The van der Waals surface area contributed by atoms with E-state index in [1.54, 1.807) is 0 Å². The summed E-state index contributed by atoms with van der Waals surface area (Å²) in [4.78, 5) is 6.95. The van der Waals surface area contributed by atoms with Crippen LogP contribution in [0, 0.1) is 0 Å². The number of likely N-dealkylation sites (tertiary alicyclic amines) is 1. The molecule has 0 bridgehead atoms. The molecule has 4 nitrogen and oxygen atoms in total. The largest absolute Gasteiger partial charge is 0.356 e. The van der Waals surface area contributed by atoms with E-state index < -0.39 is 0 Å². The number of rotatable bonds is 8. The van der Waals surface area contributed by atoms with Gasteiger partial charge in [0.25, 0.3) is 0 Å². The zero-order chi connectivity index (χ0) is 16.4. The first-order valence-electron chi connectivity index (χ1n) is 8.72. The Morgan fingerprint density at radius 1 is 1.26 bits per heavy atom. The maximum Gasteiger partial charge on any atom is 0.191 e. The van der Waals surface area contributed by atoms with E-state index >= 15 is 0 Å². The average molecular weight is 456 g/mol. The Bertz CT molecular complexity index is 337. The van der Waals surface area contributed by atoms with Crippen molar-refractivity contribution in [2.24, 2.45) is 4.99 Å². The summed E-state index contributed by atoms with van der Waals surface area (Å²) >= 11 is 1.88. The van der Waals surface area contributed by atoms with Gasteiger partial charge in [0.05, 0.1) is 0 Å². The van der Waals surface area contributed by atoms with E-state index in [0.717, 1.165) is 25.1 Å². The second-order valence-corrected chi connectivity index (χ2v) is 8.42. The lowest BCUT2D eigenvalue weighted by molar-refractivity contribution is 0.158. The minimum absolute atomic E-state index is 0. The van der Waals surface area contributed by atoms with Crippen LogP contribution in [0.5, 0.6) is 0 Å². The molecule has 1 atom stereocenters. The van der Waals surface area contributed by atoms with Gasteiger partial charge >= 0.3 is 0 Å². The summed E-state index contributed by atoms with van der Waals surface area (Å²) in [6.07, 6.45) is 8.79. The highest BCUT2D eigenvalue weighted by Crippen LogP contribution is 2.19. The van der Waals surface area contributed by atoms with Gasteiger partial charge in [-0.2, -0.15) is 11.8 Å². The molecule has 0 aliphatic carbocycles.